The number of nitrogens with zero attached hydrogens (tertiary/aromatic N) is 1. The van der Waals surface area contributed by atoms with Crippen LogP contribution >= 0.6 is 0 Å². The van der Waals surface area contributed by atoms with Crippen LogP contribution in [0.25, 0.3) is 0 Å². The molecule has 1 heterocycles. The molecule has 1 atom stereocenters. The highest BCUT2D eigenvalue weighted by Crippen LogP contribution is 2.13. The van der Waals surface area contributed by atoms with Crippen LogP contribution in [0.5, 0.6) is 0 Å². The molecular formula is C14H22N2O5. The van der Waals surface area contributed by atoms with E-state index < -0.39 is 17.9 Å². The molecule has 118 valence electrons. The van der Waals surface area contributed by atoms with Crippen molar-refractivity contribution < 1.29 is 24.0 Å². The fourth-order valence-electron chi connectivity index (χ4n) is 1.78. The van der Waals surface area contributed by atoms with Crippen molar-refractivity contribution in [3.05, 3.63) is 17.0 Å². The number of hydrogen-bond acceptors (Lipinski definition) is 5. The highest BCUT2D eigenvalue weighted by molar-refractivity contribution is 5.98. The fraction of sp³-hybridized carbons (Fsp3) is 0.643. The molecule has 0 aromatic carbocycles. The van der Waals surface area contributed by atoms with Gasteiger partial charge < -0.3 is 19.7 Å². The van der Waals surface area contributed by atoms with Crippen molar-refractivity contribution in [1.29, 1.82) is 0 Å². The van der Waals surface area contributed by atoms with Crippen LogP contribution in [-0.4, -0.2) is 40.4 Å². The maximum absolute atomic E-state index is 12.1. The first-order chi connectivity index (χ1) is 9.61. The maximum atomic E-state index is 12.1. The molecule has 0 aliphatic carbocycles. The van der Waals surface area contributed by atoms with Gasteiger partial charge in [-0.2, -0.15) is 0 Å². The molecule has 1 aromatic heterocycles. The Hall–Kier alpha value is -1.89. The predicted octanol–water partition coefficient (Wildman–Crippen LogP) is 1.68. The molecule has 1 amide bonds. The van der Waals surface area contributed by atoms with E-state index in [0.717, 1.165) is 0 Å². The van der Waals surface area contributed by atoms with Gasteiger partial charge in [-0.05, 0) is 34.6 Å². The molecule has 0 aliphatic rings. The highest BCUT2D eigenvalue weighted by atomic mass is 16.5. The molecule has 0 bridgehead atoms. The molecular weight excluding hydrogens is 276 g/mol. The Morgan fingerprint density at radius 3 is 2.43 bits per heavy atom. The van der Waals surface area contributed by atoms with E-state index >= 15 is 0 Å². The lowest BCUT2D eigenvalue weighted by Crippen LogP contribution is -2.42. The quantitative estimate of drug-likeness (QED) is 0.828. The van der Waals surface area contributed by atoms with Gasteiger partial charge in [-0.25, -0.2) is 4.79 Å². The van der Waals surface area contributed by atoms with Gasteiger partial charge in [0.25, 0.3) is 5.91 Å². The van der Waals surface area contributed by atoms with Gasteiger partial charge in [-0.1, -0.05) is 5.16 Å². The van der Waals surface area contributed by atoms with E-state index in [4.69, 9.17) is 9.26 Å². The van der Waals surface area contributed by atoms with Gasteiger partial charge in [0.05, 0.1) is 11.3 Å². The summed E-state index contributed by atoms with van der Waals surface area (Å²) in [6.45, 7) is 9.11. The van der Waals surface area contributed by atoms with Gasteiger partial charge in [0.1, 0.15) is 17.4 Å². The van der Waals surface area contributed by atoms with E-state index in [1.165, 1.54) is 0 Å². The summed E-state index contributed by atoms with van der Waals surface area (Å²) in [5, 5.41) is 15.3. The van der Waals surface area contributed by atoms with Crippen molar-refractivity contribution >= 4 is 11.9 Å². The standard InChI is InChI=1S/C14H22N2O5/c1-8-11(9(2)21-16-8)12(17)15-10(13(18)19)6-7-20-14(3,4)5/h10H,6-7H2,1-5H3,(H,15,17)(H,18,19). The summed E-state index contributed by atoms with van der Waals surface area (Å²) in [5.74, 6) is -1.25. The van der Waals surface area contributed by atoms with E-state index in [9.17, 15) is 14.7 Å². The summed E-state index contributed by atoms with van der Waals surface area (Å²) in [4.78, 5) is 23.3. The second kappa shape index (κ2) is 6.71. The van der Waals surface area contributed by atoms with Crippen molar-refractivity contribution in [1.82, 2.24) is 10.5 Å². The number of aromatic nitrogens is 1. The lowest BCUT2D eigenvalue weighted by molar-refractivity contribution is -0.140. The number of aliphatic carboxylic acids is 1. The average Bonchev–Trinajstić information content (AvgIpc) is 2.66. The molecule has 0 aliphatic heterocycles. The van der Waals surface area contributed by atoms with Gasteiger partial charge in [-0.15, -0.1) is 0 Å². The molecule has 7 nitrogen and oxygen atoms in total. The Labute approximate surface area is 123 Å². The van der Waals surface area contributed by atoms with Gasteiger partial charge in [-0.3, -0.25) is 4.79 Å². The van der Waals surface area contributed by atoms with Crippen LogP contribution < -0.4 is 5.32 Å². The summed E-state index contributed by atoms with van der Waals surface area (Å²) >= 11 is 0. The van der Waals surface area contributed by atoms with Gasteiger partial charge in [0, 0.05) is 13.0 Å². The van der Waals surface area contributed by atoms with Crippen LogP contribution in [-0.2, 0) is 9.53 Å². The number of carboxylic acid groups (broad SMARTS) is 1. The normalized spacial score (nSPS) is 13.0. The zero-order valence-corrected chi connectivity index (χ0v) is 13.0. The number of ether oxygens (including phenoxy) is 1. The Balaban J connectivity index is 2.67. The van der Waals surface area contributed by atoms with Crippen molar-refractivity contribution in [3.63, 3.8) is 0 Å². The number of amides is 1. The predicted molar refractivity (Wildman–Crippen MR) is 75.2 cm³/mol. The van der Waals surface area contributed by atoms with E-state index in [1.54, 1.807) is 13.8 Å². The molecule has 1 aromatic rings. The Morgan fingerprint density at radius 1 is 1.38 bits per heavy atom. The van der Waals surface area contributed by atoms with Crippen LogP contribution in [0, 0.1) is 13.8 Å². The third-order valence-corrected chi connectivity index (χ3v) is 2.81. The minimum Gasteiger partial charge on any atom is -0.480 e. The molecule has 1 rings (SSSR count). The number of aryl methyl sites for hydroxylation is 2. The Bertz CT molecular complexity index is 496. The second-order valence-electron chi connectivity index (χ2n) is 5.81. The van der Waals surface area contributed by atoms with Crippen LogP contribution in [0.15, 0.2) is 4.52 Å². The number of carboxylic acids is 1. The molecule has 1 unspecified atom stereocenters. The van der Waals surface area contributed by atoms with Crippen LogP contribution in [0.3, 0.4) is 0 Å². The average molecular weight is 298 g/mol. The molecule has 0 spiro atoms. The molecule has 0 saturated heterocycles. The van der Waals surface area contributed by atoms with E-state index in [2.05, 4.69) is 10.5 Å². The first-order valence-electron chi connectivity index (χ1n) is 6.72. The Morgan fingerprint density at radius 2 is 2.00 bits per heavy atom. The van der Waals surface area contributed by atoms with E-state index in [-0.39, 0.29) is 24.2 Å². The van der Waals surface area contributed by atoms with Gasteiger partial charge in [0.15, 0.2) is 0 Å². The zero-order chi connectivity index (χ0) is 16.2. The Kier molecular flexibility index (Phi) is 5.48. The van der Waals surface area contributed by atoms with Crippen molar-refractivity contribution in [2.24, 2.45) is 0 Å². The fourth-order valence-corrected chi connectivity index (χ4v) is 1.78. The molecule has 2 N–H and O–H groups in total. The van der Waals surface area contributed by atoms with Crippen LogP contribution in [0.1, 0.15) is 49.0 Å². The monoisotopic (exact) mass is 298 g/mol. The first-order valence-corrected chi connectivity index (χ1v) is 6.72. The summed E-state index contributed by atoms with van der Waals surface area (Å²) < 4.78 is 10.4. The topological polar surface area (TPSA) is 102 Å². The minimum absolute atomic E-state index is 0.182. The van der Waals surface area contributed by atoms with E-state index in [1.807, 2.05) is 20.8 Å². The molecule has 0 fully saturated rings. The summed E-state index contributed by atoms with van der Waals surface area (Å²) in [6, 6.07) is -1.02. The summed E-state index contributed by atoms with van der Waals surface area (Å²) in [5.41, 5.74) is 0.354. The van der Waals surface area contributed by atoms with Gasteiger partial charge in [0.2, 0.25) is 0 Å². The van der Waals surface area contributed by atoms with Gasteiger partial charge >= 0.3 is 5.97 Å². The van der Waals surface area contributed by atoms with Crippen LogP contribution in [0.4, 0.5) is 0 Å². The second-order valence-corrected chi connectivity index (χ2v) is 5.81. The van der Waals surface area contributed by atoms with Crippen LogP contribution in [0.2, 0.25) is 0 Å². The largest absolute Gasteiger partial charge is 0.480 e. The molecule has 21 heavy (non-hydrogen) atoms. The van der Waals surface area contributed by atoms with Crippen molar-refractivity contribution in [2.45, 2.75) is 52.7 Å². The smallest absolute Gasteiger partial charge is 0.326 e. The summed E-state index contributed by atoms with van der Waals surface area (Å²) in [7, 11) is 0. The number of nitrogens with one attached hydrogen (secondary N) is 1. The molecule has 0 saturated carbocycles. The first kappa shape index (κ1) is 17.2. The third kappa shape index (κ3) is 5.18. The lowest BCUT2D eigenvalue weighted by atomic mass is 10.1. The zero-order valence-electron chi connectivity index (χ0n) is 13.0. The highest BCUT2D eigenvalue weighted by Gasteiger charge is 2.25. The third-order valence-electron chi connectivity index (χ3n) is 2.81. The maximum Gasteiger partial charge on any atom is 0.326 e. The number of carbonyl (C=O) groups excluding carboxylic acids is 1. The summed E-state index contributed by atoms with van der Waals surface area (Å²) in [6.07, 6.45) is 0.182. The number of rotatable bonds is 6. The number of hydrogen-bond donors (Lipinski definition) is 2. The SMILES string of the molecule is Cc1noc(C)c1C(=O)NC(CCOC(C)(C)C)C(=O)O. The molecule has 0 radical (unpaired) electrons. The van der Waals surface area contributed by atoms with Crippen molar-refractivity contribution in [3.8, 4) is 0 Å². The van der Waals surface area contributed by atoms with Crippen molar-refractivity contribution in [2.75, 3.05) is 6.61 Å². The minimum atomic E-state index is -1.10. The lowest BCUT2D eigenvalue weighted by Gasteiger charge is -2.21. The number of carbonyl (C=O) groups is 2. The van der Waals surface area contributed by atoms with E-state index in [0.29, 0.717) is 11.5 Å². The molecule has 7 heteroatoms.